The average molecular weight is 809 g/mol. The number of hydrogen-bond acceptors (Lipinski definition) is 4. The van der Waals surface area contributed by atoms with Crippen LogP contribution in [-0.4, -0.2) is 19.5 Å². The molecule has 0 aliphatic heterocycles. The second-order valence-corrected chi connectivity index (χ2v) is 16.6. The van der Waals surface area contributed by atoms with E-state index in [1.54, 1.807) is 0 Å². The molecule has 0 atom stereocenters. The lowest BCUT2D eigenvalue weighted by Gasteiger charge is -2.16. The van der Waals surface area contributed by atoms with Crippen LogP contribution >= 0.6 is 11.3 Å². The second-order valence-electron chi connectivity index (χ2n) is 15.5. The Hall–Kier alpha value is -7.99. The summed E-state index contributed by atoms with van der Waals surface area (Å²) in [4.78, 5) is 15.6. The molecule has 5 heteroatoms. The Labute approximate surface area is 362 Å². The fraction of sp³-hybridized carbons (Fsp3) is 0. The third kappa shape index (κ3) is 6.09. The lowest BCUT2D eigenvalue weighted by atomic mass is 9.90. The van der Waals surface area contributed by atoms with Crippen molar-refractivity contribution in [1.29, 1.82) is 0 Å². The van der Waals surface area contributed by atoms with Gasteiger partial charge in [0.15, 0.2) is 17.5 Å². The highest BCUT2D eigenvalue weighted by Crippen LogP contribution is 2.45. The van der Waals surface area contributed by atoms with Crippen molar-refractivity contribution in [2.75, 3.05) is 0 Å². The SMILES string of the molecule is c1ccc(-c2nc(-c3ccccc3)nc(-c3cc(-c4ccccc4-c4ccccc4)ccc3-c3ccc4c(c3)sc3c4ccc4c5ccccc5n(-c5ccccc5)c43)n2)cc1. The molecule has 290 valence electrons. The Balaban J connectivity index is 1.10. The maximum absolute atomic E-state index is 5.27. The van der Waals surface area contributed by atoms with Gasteiger partial charge in [-0.1, -0.05) is 188 Å². The van der Waals surface area contributed by atoms with Gasteiger partial charge in [0.05, 0.1) is 15.7 Å². The number of nitrogens with zero attached hydrogens (tertiary/aromatic N) is 4. The number of benzene rings is 9. The summed E-state index contributed by atoms with van der Waals surface area (Å²) in [5, 5.41) is 5.02. The van der Waals surface area contributed by atoms with E-state index < -0.39 is 0 Å². The van der Waals surface area contributed by atoms with Crippen molar-refractivity contribution in [1.82, 2.24) is 19.5 Å². The minimum absolute atomic E-state index is 0.622. The van der Waals surface area contributed by atoms with Gasteiger partial charge < -0.3 is 4.57 Å². The largest absolute Gasteiger partial charge is 0.308 e. The molecule has 0 amide bonds. The van der Waals surface area contributed by atoms with Gasteiger partial charge in [0.1, 0.15) is 0 Å². The summed E-state index contributed by atoms with van der Waals surface area (Å²) in [6, 6.07) is 77.4. The number of hydrogen-bond donors (Lipinski definition) is 0. The highest BCUT2D eigenvalue weighted by atomic mass is 32.1. The Morgan fingerprint density at radius 2 is 0.823 bits per heavy atom. The van der Waals surface area contributed by atoms with Gasteiger partial charge in [-0.3, -0.25) is 0 Å². The van der Waals surface area contributed by atoms with Crippen molar-refractivity contribution < 1.29 is 0 Å². The number of rotatable bonds is 7. The molecule has 0 spiro atoms. The molecule has 4 nitrogen and oxygen atoms in total. The first kappa shape index (κ1) is 35.9. The third-order valence-corrected chi connectivity index (χ3v) is 13.1. The van der Waals surface area contributed by atoms with Crippen molar-refractivity contribution >= 4 is 53.3 Å². The third-order valence-electron chi connectivity index (χ3n) is 11.9. The summed E-state index contributed by atoms with van der Waals surface area (Å²) in [6.07, 6.45) is 0. The lowest BCUT2D eigenvalue weighted by Crippen LogP contribution is -2.01. The molecule has 12 aromatic rings. The fourth-order valence-electron chi connectivity index (χ4n) is 8.98. The van der Waals surface area contributed by atoms with Crippen molar-refractivity contribution in [3.8, 4) is 73.2 Å². The van der Waals surface area contributed by atoms with E-state index in [1.165, 1.54) is 53.1 Å². The molecule has 0 aliphatic carbocycles. The lowest BCUT2D eigenvalue weighted by molar-refractivity contribution is 1.07. The number of thiophene rings is 1. The molecule has 62 heavy (non-hydrogen) atoms. The Morgan fingerprint density at radius 1 is 0.323 bits per heavy atom. The number of para-hydroxylation sites is 2. The molecule has 9 aromatic carbocycles. The molecule has 0 bridgehead atoms. The van der Waals surface area contributed by atoms with Gasteiger partial charge in [0, 0.05) is 48.6 Å². The van der Waals surface area contributed by atoms with Crippen LogP contribution in [0.4, 0.5) is 0 Å². The van der Waals surface area contributed by atoms with Gasteiger partial charge in [0.2, 0.25) is 0 Å². The molecule has 0 saturated carbocycles. The Bertz CT molecular complexity index is 3560. The predicted molar refractivity (Wildman–Crippen MR) is 260 cm³/mol. The normalized spacial score (nSPS) is 11.5. The molecular weight excluding hydrogens is 773 g/mol. The van der Waals surface area contributed by atoms with Gasteiger partial charge in [-0.15, -0.1) is 11.3 Å². The first-order chi connectivity index (χ1) is 30.7. The van der Waals surface area contributed by atoms with E-state index in [2.05, 4.69) is 187 Å². The summed E-state index contributed by atoms with van der Waals surface area (Å²) < 4.78 is 4.94. The minimum Gasteiger partial charge on any atom is -0.308 e. The van der Waals surface area contributed by atoms with Gasteiger partial charge in [0.25, 0.3) is 0 Å². The Kier molecular flexibility index (Phi) is 8.65. The fourth-order valence-corrected chi connectivity index (χ4v) is 10.3. The number of aromatic nitrogens is 4. The van der Waals surface area contributed by atoms with Crippen LogP contribution in [-0.2, 0) is 0 Å². The van der Waals surface area contributed by atoms with E-state index in [4.69, 9.17) is 15.0 Å². The topological polar surface area (TPSA) is 43.6 Å². The molecule has 3 aromatic heterocycles. The zero-order valence-electron chi connectivity index (χ0n) is 33.5. The van der Waals surface area contributed by atoms with Crippen LogP contribution < -0.4 is 0 Å². The summed E-state index contributed by atoms with van der Waals surface area (Å²) in [5.74, 6) is 1.89. The van der Waals surface area contributed by atoms with Crippen LogP contribution in [0, 0.1) is 0 Å². The second kappa shape index (κ2) is 14.9. The molecule has 0 N–H and O–H groups in total. The molecule has 0 saturated heterocycles. The van der Waals surface area contributed by atoms with Crippen LogP contribution in [0.1, 0.15) is 0 Å². The Morgan fingerprint density at radius 3 is 1.52 bits per heavy atom. The van der Waals surface area contributed by atoms with Gasteiger partial charge in [-0.25, -0.2) is 15.0 Å². The van der Waals surface area contributed by atoms with Crippen LogP contribution in [0.3, 0.4) is 0 Å². The van der Waals surface area contributed by atoms with Gasteiger partial charge in [-0.05, 0) is 63.7 Å². The highest BCUT2D eigenvalue weighted by molar-refractivity contribution is 7.26. The molecule has 3 heterocycles. The standard InChI is InChI=1S/C57H36N4S/c1-5-17-37(18-6-1)43-25-13-14-26-44(43)40-29-31-45(50(35-40)57-59-55(38-19-7-2-8-20-38)58-56(60-57)39-21-9-3-10-22-39)41-30-32-47-49-34-33-48-46-27-15-16-28-51(46)61(42-23-11-4-12-24-42)53(48)54(49)62-52(47)36-41/h1-36H. The molecule has 12 rings (SSSR count). The first-order valence-electron chi connectivity index (χ1n) is 20.9. The van der Waals surface area contributed by atoms with E-state index in [-0.39, 0.29) is 0 Å². The molecule has 0 aliphatic rings. The quantitative estimate of drug-likeness (QED) is 0.161. The van der Waals surface area contributed by atoms with Crippen molar-refractivity contribution in [3.05, 3.63) is 218 Å². The summed E-state index contributed by atoms with van der Waals surface area (Å²) >= 11 is 1.86. The van der Waals surface area contributed by atoms with E-state index in [9.17, 15) is 0 Å². The molecular formula is C57H36N4S. The zero-order valence-corrected chi connectivity index (χ0v) is 34.3. The first-order valence-corrected chi connectivity index (χ1v) is 21.7. The van der Waals surface area contributed by atoms with Crippen molar-refractivity contribution in [2.24, 2.45) is 0 Å². The smallest absolute Gasteiger partial charge is 0.164 e. The molecule has 0 radical (unpaired) electrons. The summed E-state index contributed by atoms with van der Waals surface area (Å²) in [5.41, 5.74) is 13.1. The van der Waals surface area contributed by atoms with E-state index in [1.807, 2.05) is 47.7 Å². The van der Waals surface area contributed by atoms with Crippen molar-refractivity contribution in [3.63, 3.8) is 0 Å². The average Bonchev–Trinajstić information content (AvgIpc) is 3.90. The van der Waals surface area contributed by atoms with Gasteiger partial charge >= 0.3 is 0 Å². The van der Waals surface area contributed by atoms with E-state index >= 15 is 0 Å². The monoisotopic (exact) mass is 808 g/mol. The zero-order chi connectivity index (χ0) is 41.0. The van der Waals surface area contributed by atoms with Crippen LogP contribution in [0.25, 0.3) is 115 Å². The minimum atomic E-state index is 0.622. The van der Waals surface area contributed by atoms with Crippen LogP contribution in [0.2, 0.25) is 0 Å². The highest BCUT2D eigenvalue weighted by Gasteiger charge is 2.21. The van der Waals surface area contributed by atoms with E-state index in [0.29, 0.717) is 17.5 Å². The maximum atomic E-state index is 5.27. The van der Waals surface area contributed by atoms with Crippen molar-refractivity contribution in [2.45, 2.75) is 0 Å². The van der Waals surface area contributed by atoms with Gasteiger partial charge in [-0.2, -0.15) is 0 Å². The number of fused-ring (bicyclic) bond motifs is 7. The maximum Gasteiger partial charge on any atom is 0.164 e. The van der Waals surface area contributed by atoms with E-state index in [0.717, 1.165) is 44.6 Å². The van der Waals surface area contributed by atoms with Crippen LogP contribution in [0.5, 0.6) is 0 Å². The summed E-state index contributed by atoms with van der Waals surface area (Å²) in [7, 11) is 0. The predicted octanol–water partition coefficient (Wildman–Crippen LogP) is 15.3. The molecule has 0 unspecified atom stereocenters. The molecule has 0 fully saturated rings. The van der Waals surface area contributed by atoms with Crippen LogP contribution in [0.15, 0.2) is 218 Å². The summed E-state index contributed by atoms with van der Waals surface area (Å²) in [6.45, 7) is 0.